The van der Waals surface area contributed by atoms with E-state index in [0.29, 0.717) is 16.9 Å². The number of hydrazine groups is 1. The maximum atomic E-state index is 10.3. The lowest BCUT2D eigenvalue weighted by Crippen LogP contribution is -2.33. The van der Waals surface area contributed by atoms with Crippen molar-refractivity contribution in [1.29, 1.82) is 0 Å². The van der Waals surface area contributed by atoms with E-state index in [-0.39, 0.29) is 12.6 Å². The zero-order chi connectivity index (χ0) is 18.1. The molecule has 6 N–H and O–H groups in total. The minimum atomic E-state index is -1.23. The van der Waals surface area contributed by atoms with Crippen LogP contribution in [0.5, 0.6) is 5.88 Å². The largest absolute Gasteiger partial charge is 0.473 e. The number of aryl methyl sites for hydroxylation is 1. The molecule has 1 saturated heterocycles. The third-order valence-electron chi connectivity index (χ3n) is 4.09. The van der Waals surface area contributed by atoms with Gasteiger partial charge in [0, 0.05) is 6.20 Å². The number of aliphatic hydroxyl groups is 3. The number of nitrogens with two attached hydrogens (primary N) is 1. The molecule has 10 nitrogen and oxygen atoms in total. The summed E-state index contributed by atoms with van der Waals surface area (Å²) < 4.78 is 12.7. The first kappa shape index (κ1) is 17.6. The van der Waals surface area contributed by atoms with E-state index in [9.17, 15) is 15.3 Å². The number of rotatable bonds is 6. The van der Waals surface area contributed by atoms with Gasteiger partial charge in [0.1, 0.15) is 24.9 Å². The summed E-state index contributed by atoms with van der Waals surface area (Å²) in [6.45, 7) is 5.27. The van der Waals surface area contributed by atoms with Crippen molar-refractivity contribution in [3.8, 4) is 5.88 Å². The van der Waals surface area contributed by atoms with Crippen LogP contribution in [0.25, 0.3) is 11.0 Å². The zero-order valence-electron chi connectivity index (χ0n) is 13.7. The van der Waals surface area contributed by atoms with Gasteiger partial charge < -0.3 is 29.4 Å². The fraction of sp³-hybridized carbons (Fsp3) is 0.467. The normalized spacial score (nSPS) is 26.1. The third-order valence-corrected chi connectivity index (χ3v) is 4.09. The van der Waals surface area contributed by atoms with Crippen LogP contribution >= 0.6 is 0 Å². The van der Waals surface area contributed by atoms with Crippen molar-refractivity contribution in [3.05, 3.63) is 24.4 Å². The Morgan fingerprint density at radius 3 is 2.80 bits per heavy atom. The Hall–Kier alpha value is -2.24. The van der Waals surface area contributed by atoms with Crippen LogP contribution < -0.4 is 16.0 Å². The molecule has 1 unspecified atom stereocenters. The standard InChI is InChI=1S/C15H21N5O5/c1-3-4-24-13-9-7(2)5-20(12(9)17-15(18-13)19-16)14-11(23)10(22)8(6-21)25-14/h3,5,8,10-11,14,21-23H,1,4,6,16H2,2H3,(H,17,18,19)/t8?,10-,11-,14+/m1/s1. The topological polar surface area (TPSA) is 148 Å². The van der Waals surface area contributed by atoms with Crippen molar-refractivity contribution < 1.29 is 24.8 Å². The highest BCUT2D eigenvalue weighted by molar-refractivity contribution is 5.86. The van der Waals surface area contributed by atoms with Crippen molar-refractivity contribution in [2.75, 3.05) is 18.6 Å². The van der Waals surface area contributed by atoms with Gasteiger partial charge in [0.25, 0.3) is 0 Å². The number of hydrogen-bond donors (Lipinski definition) is 5. The molecule has 0 bridgehead atoms. The maximum Gasteiger partial charge on any atom is 0.242 e. The molecule has 0 aliphatic carbocycles. The van der Waals surface area contributed by atoms with Crippen LogP contribution in [0.15, 0.2) is 18.9 Å². The van der Waals surface area contributed by atoms with Crippen molar-refractivity contribution in [2.24, 2.45) is 5.84 Å². The van der Waals surface area contributed by atoms with Gasteiger partial charge in [-0.1, -0.05) is 12.7 Å². The molecule has 3 rings (SSSR count). The molecule has 1 fully saturated rings. The van der Waals surface area contributed by atoms with E-state index in [0.717, 1.165) is 5.56 Å². The van der Waals surface area contributed by atoms with Crippen LogP contribution in [-0.2, 0) is 4.74 Å². The Balaban J connectivity index is 2.12. The van der Waals surface area contributed by atoms with E-state index in [1.165, 1.54) is 0 Å². The number of aromatic nitrogens is 3. The van der Waals surface area contributed by atoms with E-state index in [4.69, 9.17) is 15.3 Å². The summed E-state index contributed by atoms with van der Waals surface area (Å²) in [5.74, 6) is 5.86. The predicted molar refractivity (Wildman–Crippen MR) is 88.8 cm³/mol. The van der Waals surface area contributed by atoms with Crippen LogP contribution in [0, 0.1) is 6.92 Å². The van der Waals surface area contributed by atoms with Crippen LogP contribution in [0.4, 0.5) is 5.95 Å². The van der Waals surface area contributed by atoms with Crippen molar-refractivity contribution in [1.82, 2.24) is 14.5 Å². The number of nitrogen functional groups attached to an aromatic ring is 1. The predicted octanol–water partition coefficient (Wildman–Crippen LogP) is -0.798. The van der Waals surface area contributed by atoms with Gasteiger partial charge in [-0.15, -0.1) is 0 Å². The molecule has 2 aromatic heterocycles. The first-order valence-electron chi connectivity index (χ1n) is 7.73. The molecule has 3 heterocycles. The molecule has 1 aliphatic heterocycles. The second-order valence-corrected chi connectivity index (χ2v) is 5.74. The smallest absolute Gasteiger partial charge is 0.242 e. The third kappa shape index (κ3) is 2.94. The summed E-state index contributed by atoms with van der Waals surface area (Å²) in [6, 6.07) is 0. The van der Waals surface area contributed by atoms with Crippen LogP contribution in [-0.4, -0.2) is 61.4 Å². The molecule has 10 heteroatoms. The van der Waals surface area contributed by atoms with E-state index in [1.807, 2.05) is 6.92 Å². The Bertz CT molecular complexity index is 779. The Morgan fingerprint density at radius 1 is 1.44 bits per heavy atom. The van der Waals surface area contributed by atoms with E-state index >= 15 is 0 Å². The quantitative estimate of drug-likeness (QED) is 0.256. The van der Waals surface area contributed by atoms with Crippen molar-refractivity contribution >= 4 is 17.0 Å². The van der Waals surface area contributed by atoms with Gasteiger partial charge >= 0.3 is 0 Å². The lowest BCUT2D eigenvalue weighted by atomic mass is 10.1. The van der Waals surface area contributed by atoms with E-state index < -0.39 is 31.1 Å². The van der Waals surface area contributed by atoms with Gasteiger partial charge in [0.15, 0.2) is 11.9 Å². The van der Waals surface area contributed by atoms with E-state index in [1.54, 1.807) is 16.8 Å². The second kappa shape index (κ2) is 6.94. The minimum Gasteiger partial charge on any atom is -0.473 e. The van der Waals surface area contributed by atoms with Gasteiger partial charge in [-0.05, 0) is 12.5 Å². The molecule has 1 aliphatic rings. The van der Waals surface area contributed by atoms with Crippen molar-refractivity contribution in [3.63, 3.8) is 0 Å². The summed E-state index contributed by atoms with van der Waals surface area (Å²) in [7, 11) is 0. The van der Waals surface area contributed by atoms with E-state index in [2.05, 4.69) is 22.0 Å². The number of nitrogens with zero attached hydrogens (tertiary/aromatic N) is 3. The van der Waals surface area contributed by atoms with Gasteiger partial charge in [0.2, 0.25) is 11.8 Å². The number of fused-ring (bicyclic) bond motifs is 1. The number of anilines is 1. The lowest BCUT2D eigenvalue weighted by Gasteiger charge is -2.17. The van der Waals surface area contributed by atoms with Gasteiger partial charge in [-0.25, -0.2) is 5.84 Å². The van der Waals surface area contributed by atoms with Crippen LogP contribution in [0.3, 0.4) is 0 Å². The SMILES string of the molecule is C=CCOc1nc(NN)nc2c1c(C)cn2[C@H]1OC(CO)[C@@H](O)[C@H]1O. The summed E-state index contributed by atoms with van der Waals surface area (Å²) in [5.41, 5.74) is 3.57. The Labute approximate surface area is 143 Å². The molecule has 0 spiro atoms. The average Bonchev–Trinajstić information content (AvgIpc) is 3.10. The van der Waals surface area contributed by atoms with Gasteiger partial charge in [0.05, 0.1) is 12.0 Å². The van der Waals surface area contributed by atoms with Gasteiger partial charge in [-0.2, -0.15) is 9.97 Å². The maximum absolute atomic E-state index is 10.3. The van der Waals surface area contributed by atoms with Gasteiger partial charge in [-0.3, -0.25) is 5.43 Å². The number of hydrogen-bond acceptors (Lipinski definition) is 9. The molecule has 2 aromatic rings. The average molecular weight is 351 g/mol. The fourth-order valence-electron chi connectivity index (χ4n) is 2.91. The minimum absolute atomic E-state index is 0.123. The highest BCUT2D eigenvalue weighted by Crippen LogP contribution is 2.36. The first-order valence-corrected chi connectivity index (χ1v) is 7.73. The number of ether oxygens (including phenoxy) is 2. The molecular formula is C15H21N5O5. The number of aliphatic hydroxyl groups excluding tert-OH is 3. The molecule has 0 aromatic carbocycles. The highest BCUT2D eigenvalue weighted by atomic mass is 16.6. The van der Waals surface area contributed by atoms with Crippen molar-refractivity contribution in [2.45, 2.75) is 31.5 Å². The highest BCUT2D eigenvalue weighted by Gasteiger charge is 2.44. The fourth-order valence-corrected chi connectivity index (χ4v) is 2.91. The summed E-state index contributed by atoms with van der Waals surface area (Å²) in [5, 5.41) is 30.2. The molecule has 0 saturated carbocycles. The summed E-state index contributed by atoms with van der Waals surface area (Å²) >= 11 is 0. The Kier molecular flexibility index (Phi) is 4.88. The number of nitrogens with one attached hydrogen (secondary N) is 1. The lowest BCUT2D eigenvalue weighted by molar-refractivity contribution is -0.0509. The summed E-state index contributed by atoms with van der Waals surface area (Å²) in [4.78, 5) is 8.51. The molecule has 4 atom stereocenters. The first-order chi connectivity index (χ1) is 12.0. The Morgan fingerprint density at radius 2 is 2.20 bits per heavy atom. The zero-order valence-corrected chi connectivity index (χ0v) is 13.7. The molecule has 0 amide bonds. The second-order valence-electron chi connectivity index (χ2n) is 5.74. The van der Waals surface area contributed by atoms with Crippen LogP contribution in [0.1, 0.15) is 11.8 Å². The molecule has 136 valence electrons. The molecular weight excluding hydrogens is 330 g/mol. The molecule has 25 heavy (non-hydrogen) atoms. The monoisotopic (exact) mass is 351 g/mol. The van der Waals surface area contributed by atoms with Crippen LogP contribution in [0.2, 0.25) is 0 Å². The summed E-state index contributed by atoms with van der Waals surface area (Å²) in [6.07, 6.45) is -0.950. The molecule has 0 radical (unpaired) electrons.